The van der Waals surface area contributed by atoms with E-state index in [0.717, 1.165) is 5.56 Å². The van der Waals surface area contributed by atoms with Crippen molar-refractivity contribution in [3.63, 3.8) is 0 Å². The summed E-state index contributed by atoms with van der Waals surface area (Å²) in [7, 11) is 1.46. The molecule has 2 rings (SSSR count). The van der Waals surface area contributed by atoms with Gasteiger partial charge in [0.25, 0.3) is 0 Å². The lowest BCUT2D eigenvalue weighted by atomic mass is 9.71. The molecule has 3 nitrogen and oxygen atoms in total. The number of ether oxygens (including phenoxy) is 2. The van der Waals surface area contributed by atoms with Gasteiger partial charge in [0, 0.05) is 5.41 Å². The van der Waals surface area contributed by atoms with Crippen molar-refractivity contribution in [2.24, 2.45) is 5.41 Å². The van der Waals surface area contributed by atoms with Gasteiger partial charge in [0.2, 0.25) is 5.78 Å². The van der Waals surface area contributed by atoms with Crippen LogP contribution in [0.1, 0.15) is 24.0 Å². The van der Waals surface area contributed by atoms with Gasteiger partial charge in [-0.3, -0.25) is 4.79 Å². The number of methoxy groups -OCH3 is 1. The quantitative estimate of drug-likeness (QED) is 0.542. The first-order chi connectivity index (χ1) is 13.2. The highest BCUT2D eigenvalue weighted by molar-refractivity contribution is 5.91. The molecule has 0 aliphatic rings. The Morgan fingerprint density at radius 2 is 1.71 bits per heavy atom. The SMILES string of the molecule is C=C[C@@](C)(COCc1ccccc1)C(C(=O)C(F)(F)F)c1ccc(OC)cc1. The van der Waals surface area contributed by atoms with E-state index in [2.05, 4.69) is 6.58 Å². The second-order valence-corrected chi connectivity index (χ2v) is 6.76. The van der Waals surface area contributed by atoms with Gasteiger partial charge in [0.15, 0.2) is 0 Å². The van der Waals surface area contributed by atoms with E-state index in [1.54, 1.807) is 6.92 Å². The van der Waals surface area contributed by atoms with Crippen molar-refractivity contribution in [3.05, 3.63) is 78.4 Å². The number of benzene rings is 2. The maximum atomic E-state index is 13.3. The normalized spacial score (nSPS) is 14.8. The van der Waals surface area contributed by atoms with Crippen LogP contribution in [0, 0.1) is 5.41 Å². The summed E-state index contributed by atoms with van der Waals surface area (Å²) in [6, 6.07) is 15.2. The van der Waals surface area contributed by atoms with Crippen LogP contribution in [0.25, 0.3) is 0 Å². The molecular formula is C22H23F3O3. The molecule has 2 aromatic rings. The third-order valence-electron chi connectivity index (χ3n) is 4.64. The van der Waals surface area contributed by atoms with Crippen molar-refractivity contribution in [3.8, 4) is 5.75 Å². The van der Waals surface area contributed by atoms with Crippen LogP contribution in [-0.2, 0) is 16.1 Å². The monoisotopic (exact) mass is 392 g/mol. The van der Waals surface area contributed by atoms with Gasteiger partial charge in [-0.2, -0.15) is 13.2 Å². The van der Waals surface area contributed by atoms with Gasteiger partial charge in [-0.05, 0) is 23.3 Å². The smallest absolute Gasteiger partial charge is 0.450 e. The van der Waals surface area contributed by atoms with Crippen LogP contribution in [0.2, 0.25) is 0 Å². The Hall–Kier alpha value is -2.60. The van der Waals surface area contributed by atoms with Crippen molar-refractivity contribution in [1.29, 1.82) is 0 Å². The van der Waals surface area contributed by atoms with E-state index in [1.807, 2.05) is 30.3 Å². The largest absolute Gasteiger partial charge is 0.497 e. The van der Waals surface area contributed by atoms with E-state index in [4.69, 9.17) is 9.47 Å². The fourth-order valence-corrected chi connectivity index (χ4v) is 3.01. The first kappa shape index (κ1) is 21.7. The minimum Gasteiger partial charge on any atom is -0.497 e. The number of hydrogen-bond donors (Lipinski definition) is 0. The maximum Gasteiger partial charge on any atom is 0.450 e. The van der Waals surface area contributed by atoms with Crippen LogP contribution in [0.4, 0.5) is 13.2 Å². The fraction of sp³-hybridized carbons (Fsp3) is 0.318. The Labute approximate surface area is 162 Å². The summed E-state index contributed by atoms with van der Waals surface area (Å²) in [5.41, 5.74) is -0.137. The molecule has 0 saturated heterocycles. The zero-order chi connectivity index (χ0) is 20.8. The van der Waals surface area contributed by atoms with E-state index in [-0.39, 0.29) is 18.8 Å². The number of carbonyl (C=O) groups is 1. The average molecular weight is 392 g/mol. The molecule has 6 heteroatoms. The second-order valence-electron chi connectivity index (χ2n) is 6.76. The summed E-state index contributed by atoms with van der Waals surface area (Å²) in [4.78, 5) is 12.3. The number of ketones is 1. The number of carbonyl (C=O) groups excluding carboxylic acids is 1. The van der Waals surface area contributed by atoms with E-state index < -0.39 is 23.3 Å². The van der Waals surface area contributed by atoms with Gasteiger partial charge in [-0.25, -0.2) is 0 Å². The Balaban J connectivity index is 2.31. The highest BCUT2D eigenvalue weighted by atomic mass is 19.4. The Morgan fingerprint density at radius 1 is 1.11 bits per heavy atom. The molecule has 0 aliphatic heterocycles. The Morgan fingerprint density at radius 3 is 2.21 bits per heavy atom. The van der Waals surface area contributed by atoms with Crippen LogP contribution in [0.15, 0.2) is 67.3 Å². The van der Waals surface area contributed by atoms with Crippen molar-refractivity contribution in [1.82, 2.24) is 0 Å². The molecule has 0 N–H and O–H groups in total. The summed E-state index contributed by atoms with van der Waals surface area (Å²) < 4.78 is 50.7. The van der Waals surface area contributed by atoms with Gasteiger partial charge >= 0.3 is 6.18 Å². The van der Waals surface area contributed by atoms with Crippen LogP contribution in [0.3, 0.4) is 0 Å². The van der Waals surface area contributed by atoms with E-state index >= 15 is 0 Å². The zero-order valence-corrected chi connectivity index (χ0v) is 15.8. The molecule has 0 aliphatic carbocycles. The van der Waals surface area contributed by atoms with Gasteiger partial charge in [-0.15, -0.1) is 6.58 Å². The molecule has 2 atom stereocenters. The van der Waals surface area contributed by atoms with Crippen LogP contribution >= 0.6 is 0 Å². The van der Waals surface area contributed by atoms with E-state index in [1.165, 1.54) is 37.5 Å². The molecule has 2 aromatic carbocycles. The summed E-state index contributed by atoms with van der Waals surface area (Å²) in [6.07, 6.45) is -3.62. The van der Waals surface area contributed by atoms with Crippen molar-refractivity contribution in [2.45, 2.75) is 25.6 Å². The average Bonchev–Trinajstić information content (AvgIpc) is 2.68. The molecule has 0 heterocycles. The number of rotatable bonds is 9. The molecule has 0 saturated carbocycles. The van der Waals surface area contributed by atoms with Crippen molar-refractivity contribution >= 4 is 5.78 Å². The number of hydrogen-bond acceptors (Lipinski definition) is 3. The summed E-state index contributed by atoms with van der Waals surface area (Å²) in [5.74, 6) is -2.82. The number of halogens is 3. The number of alkyl halides is 3. The van der Waals surface area contributed by atoms with Gasteiger partial charge in [0.1, 0.15) is 5.75 Å². The Bertz CT molecular complexity index is 785. The van der Waals surface area contributed by atoms with E-state index in [0.29, 0.717) is 5.75 Å². The minimum absolute atomic E-state index is 0.0933. The summed E-state index contributed by atoms with van der Waals surface area (Å²) in [6.45, 7) is 5.35. The standard InChI is InChI=1S/C22H23F3O3/c1-4-21(2,15-28-14-16-8-6-5-7-9-16)19(20(26)22(23,24)25)17-10-12-18(27-3)13-11-17/h4-13,19H,1,14-15H2,2-3H3/t19?,21-/m0/s1. The lowest BCUT2D eigenvalue weighted by Gasteiger charge is -2.34. The summed E-state index contributed by atoms with van der Waals surface area (Å²) in [5, 5.41) is 0. The van der Waals surface area contributed by atoms with Crippen molar-refractivity contribution < 1.29 is 27.4 Å². The molecule has 0 bridgehead atoms. The van der Waals surface area contributed by atoms with Gasteiger partial charge in [0.05, 0.1) is 26.2 Å². The van der Waals surface area contributed by atoms with E-state index in [9.17, 15) is 18.0 Å². The first-order valence-corrected chi connectivity index (χ1v) is 8.71. The topological polar surface area (TPSA) is 35.5 Å². The summed E-state index contributed by atoms with van der Waals surface area (Å²) >= 11 is 0. The highest BCUT2D eigenvalue weighted by Gasteiger charge is 2.50. The minimum atomic E-state index is -4.98. The van der Waals surface area contributed by atoms with Gasteiger partial charge in [-0.1, -0.05) is 55.5 Å². The molecule has 0 radical (unpaired) electrons. The van der Waals surface area contributed by atoms with Crippen molar-refractivity contribution in [2.75, 3.05) is 13.7 Å². The number of Topliss-reactive ketones (excluding diaryl/α,β-unsaturated/α-hetero) is 1. The lowest BCUT2D eigenvalue weighted by Crippen LogP contribution is -2.40. The Kier molecular flexibility index (Phi) is 7.02. The molecule has 0 spiro atoms. The van der Waals surface area contributed by atoms with Crippen LogP contribution in [0.5, 0.6) is 5.75 Å². The molecular weight excluding hydrogens is 369 g/mol. The van der Waals surface area contributed by atoms with Gasteiger partial charge < -0.3 is 9.47 Å². The van der Waals surface area contributed by atoms with Crippen LogP contribution in [-0.4, -0.2) is 25.7 Å². The predicted molar refractivity (Wildman–Crippen MR) is 101 cm³/mol. The third-order valence-corrected chi connectivity index (χ3v) is 4.64. The van der Waals surface area contributed by atoms with Crippen LogP contribution < -0.4 is 4.74 Å². The molecule has 0 amide bonds. The molecule has 150 valence electrons. The maximum absolute atomic E-state index is 13.3. The molecule has 1 unspecified atom stereocenters. The molecule has 28 heavy (non-hydrogen) atoms. The lowest BCUT2D eigenvalue weighted by molar-refractivity contribution is -0.175. The highest BCUT2D eigenvalue weighted by Crippen LogP contribution is 2.42. The third kappa shape index (κ3) is 5.23. The predicted octanol–water partition coefficient (Wildman–Crippen LogP) is 5.32. The molecule has 0 aromatic heterocycles. The molecule has 0 fully saturated rings. The second kappa shape index (κ2) is 9.06. The fourth-order valence-electron chi connectivity index (χ4n) is 3.01. The first-order valence-electron chi connectivity index (χ1n) is 8.71. The zero-order valence-electron chi connectivity index (χ0n) is 15.8.